The molecule has 3 aromatic heterocycles. The lowest BCUT2D eigenvalue weighted by molar-refractivity contribution is -0.301. The number of Topliss-reactive ketones (excluding diaryl/α,β-unsaturated/α-hetero) is 1. The van der Waals surface area contributed by atoms with Crippen LogP contribution in [0.25, 0.3) is 11.2 Å². The number of aliphatic hydroxyl groups is 1. The van der Waals surface area contributed by atoms with Gasteiger partial charge in [0, 0.05) is 50.8 Å². The van der Waals surface area contributed by atoms with Crippen LogP contribution in [0.15, 0.2) is 68.2 Å². The fraction of sp³-hybridized carbons (Fsp3) is 0.574. The number of hydrogen-bond acceptors (Lipinski definition) is 18. The highest BCUT2D eigenvalue weighted by Crippen LogP contribution is 2.44. The number of benzene rings is 1. The van der Waals surface area contributed by atoms with Crippen LogP contribution < -0.4 is 16.1 Å². The topological polar surface area (TPSA) is 265 Å². The van der Waals surface area contributed by atoms with Crippen molar-refractivity contribution < 1.29 is 66.3 Å². The summed E-state index contributed by atoms with van der Waals surface area (Å²) in [5.74, 6) is -9.39. The second-order valence-electron chi connectivity index (χ2n) is 21.0. The van der Waals surface area contributed by atoms with E-state index in [-0.39, 0.29) is 29.8 Å². The minimum atomic E-state index is -1.95. The van der Waals surface area contributed by atoms with Gasteiger partial charge in [-0.25, -0.2) is 48.7 Å². The summed E-state index contributed by atoms with van der Waals surface area (Å²) in [6.07, 6.45) is 0.335. The monoisotopic (exact) mass is 1090 g/mol. The molecule has 24 heteroatoms. The molecular formula is C54H72F2N10O12. The number of para-hydroxylation sites is 1. The maximum atomic E-state index is 16.0. The molecule has 0 spiro atoms. The van der Waals surface area contributed by atoms with Gasteiger partial charge in [0.05, 0.1) is 42.5 Å². The van der Waals surface area contributed by atoms with E-state index in [1.165, 1.54) is 47.3 Å². The number of hydrogen-bond donors (Lipinski definition) is 3. The van der Waals surface area contributed by atoms with Gasteiger partial charge in [-0.3, -0.25) is 19.4 Å². The lowest BCUT2D eigenvalue weighted by Crippen LogP contribution is -2.62. The fourth-order valence-corrected chi connectivity index (χ4v) is 11.1. The largest absolute Gasteiger partial charge is 0.461 e. The quantitative estimate of drug-likeness (QED) is 0.0709. The van der Waals surface area contributed by atoms with Gasteiger partial charge in [0.1, 0.15) is 53.8 Å². The van der Waals surface area contributed by atoms with Crippen LogP contribution >= 0.6 is 0 Å². The number of nitrogens with one attached hydrogen (secondary N) is 1. The molecule has 22 nitrogen and oxygen atoms in total. The Hall–Kier alpha value is -6.73. The van der Waals surface area contributed by atoms with Crippen molar-refractivity contribution in [2.24, 2.45) is 29.4 Å². The number of methoxy groups -OCH3 is 1. The molecule has 0 aliphatic carbocycles. The molecule has 3 saturated heterocycles. The van der Waals surface area contributed by atoms with E-state index in [1.807, 2.05) is 6.92 Å². The number of hydrazine groups is 1. The van der Waals surface area contributed by atoms with E-state index in [1.54, 1.807) is 61.8 Å². The number of aromatic nitrogens is 5. The molecule has 0 radical (unpaired) electrons. The van der Waals surface area contributed by atoms with Crippen LogP contribution in [0.3, 0.4) is 0 Å². The van der Waals surface area contributed by atoms with Gasteiger partial charge in [-0.1, -0.05) is 39.5 Å². The molecule has 78 heavy (non-hydrogen) atoms. The van der Waals surface area contributed by atoms with Crippen molar-refractivity contribution in [2.75, 3.05) is 25.6 Å². The van der Waals surface area contributed by atoms with Gasteiger partial charge in [-0.15, -0.1) is 0 Å². The number of pyridine rings is 1. The number of nitrogens with two attached hydrogens (primary N) is 1. The van der Waals surface area contributed by atoms with E-state index >= 15 is 18.4 Å². The maximum Gasteiger partial charge on any atom is 0.429 e. The van der Waals surface area contributed by atoms with Crippen LogP contribution in [0.5, 0.6) is 0 Å². The highest BCUT2D eigenvalue weighted by Gasteiger charge is 2.61. The predicted octanol–water partition coefficient (Wildman–Crippen LogP) is 5.91. The first-order valence-corrected chi connectivity index (χ1v) is 26.1. The Labute approximate surface area is 451 Å². The Kier molecular flexibility index (Phi) is 18.5. The summed E-state index contributed by atoms with van der Waals surface area (Å²) >= 11 is 0. The van der Waals surface area contributed by atoms with Gasteiger partial charge in [-0.2, -0.15) is 0 Å². The third kappa shape index (κ3) is 12.0. The minimum Gasteiger partial charge on any atom is -0.461 e. The number of likely N-dealkylation sites (N-methyl/N-ethyl adjacent to an activating group) is 1. The Bertz CT molecular complexity index is 2790. The second kappa shape index (κ2) is 24.5. The highest BCUT2D eigenvalue weighted by molar-refractivity contribution is 6.04. The lowest BCUT2D eigenvalue weighted by atomic mass is 9.73. The number of amides is 3. The average Bonchev–Trinajstić information content (AvgIpc) is 3.97. The van der Waals surface area contributed by atoms with Crippen molar-refractivity contribution in [1.29, 1.82) is 0 Å². The number of carbonyl (C=O) groups is 5. The molecule has 3 fully saturated rings. The van der Waals surface area contributed by atoms with Gasteiger partial charge >= 0.3 is 24.1 Å². The van der Waals surface area contributed by atoms with E-state index in [0.717, 1.165) is 29.5 Å². The number of unbranched alkanes of at least 4 members (excludes halogenated alkanes) is 1. The van der Waals surface area contributed by atoms with Crippen molar-refractivity contribution in [3.05, 3.63) is 85.4 Å². The number of ketones is 1. The van der Waals surface area contributed by atoms with Gasteiger partial charge in [0.15, 0.2) is 28.9 Å². The smallest absolute Gasteiger partial charge is 0.429 e. The molecule has 3 aliphatic heterocycles. The number of carbonyl (C=O) groups excluding carboxylic acids is 5. The zero-order valence-corrected chi connectivity index (χ0v) is 45.7. The third-order valence-electron chi connectivity index (χ3n) is 15.6. The molecule has 1 unspecified atom stereocenters. The number of cyclic esters (lactones) is 1. The normalized spacial score (nSPS) is 30.9. The Balaban J connectivity index is 1.31. The number of halogens is 2. The van der Waals surface area contributed by atoms with Gasteiger partial charge in [0.25, 0.3) is 0 Å². The number of imidazole rings is 1. The van der Waals surface area contributed by atoms with E-state index < -0.39 is 131 Å². The zero-order valence-electron chi connectivity index (χ0n) is 45.7. The van der Waals surface area contributed by atoms with Gasteiger partial charge in [-0.05, 0) is 96.8 Å². The van der Waals surface area contributed by atoms with Crippen molar-refractivity contribution in [2.45, 2.75) is 154 Å². The first-order chi connectivity index (χ1) is 37.0. The van der Waals surface area contributed by atoms with Crippen LogP contribution in [0.4, 0.5) is 29.9 Å². The number of aryl methyl sites for hydroxylation is 1. The van der Waals surface area contributed by atoms with Crippen LogP contribution in [-0.2, 0) is 55.8 Å². The highest BCUT2D eigenvalue weighted by atomic mass is 19.1. The number of nitrogens with zero attached hydrogens (tertiary/aromatic N) is 8. The second-order valence-corrected chi connectivity index (χ2v) is 21.0. The molecule has 1 aromatic carbocycles. The van der Waals surface area contributed by atoms with Gasteiger partial charge in [0.2, 0.25) is 0 Å². The fourth-order valence-electron chi connectivity index (χ4n) is 11.1. The number of esters is 2. The number of anilines is 2. The first kappa shape index (κ1) is 58.9. The van der Waals surface area contributed by atoms with Crippen molar-refractivity contribution in [3.8, 4) is 0 Å². The summed E-state index contributed by atoms with van der Waals surface area (Å²) in [6.45, 7) is 17.4. The van der Waals surface area contributed by atoms with Crippen LogP contribution in [0.1, 0.15) is 86.6 Å². The molecule has 7 rings (SSSR count). The predicted molar refractivity (Wildman–Crippen MR) is 278 cm³/mol. The third-order valence-corrected chi connectivity index (χ3v) is 15.6. The zero-order chi connectivity index (χ0) is 57.0. The van der Waals surface area contributed by atoms with Crippen molar-refractivity contribution in [1.82, 2.24) is 39.8 Å². The van der Waals surface area contributed by atoms with E-state index in [9.17, 15) is 19.5 Å². The van der Waals surface area contributed by atoms with Crippen LogP contribution in [0.2, 0.25) is 0 Å². The molecule has 14 atom stereocenters. The SMILES string of the molecule is C=CN(C)[C@H]1C[C@@H](C)OC(O[C@@H]2[C@@H](C)[C@H](OC(=O)Cc3cccnc3)[C@@H](C)C(=O)O[C@H](C)[C@@]3(C)OC(=O)N(NC(=O)N(c4c(F)cccc4F)c4ncnc5c4ncn5CCCCN)[C@@H]3[C@@H](C)C(=O)[C@H](C)C[C@@]2(C)OC)[C@@H]1O. The number of urea groups is 1. The van der Waals surface area contributed by atoms with Gasteiger partial charge < -0.3 is 48.7 Å². The summed E-state index contributed by atoms with van der Waals surface area (Å²) in [7, 11) is 3.17. The molecule has 4 N–H and O–H groups in total. The standard InChI is InChI=1S/C54H72F2N10O12/c1-12-63(10)38-23-30(3)74-50(43(38)69)77-46-32(5)44(76-39(67)24-35-17-16-21-58-26-35)33(6)49(70)75-34(7)54(9)45(31(4)42(68)29(2)25-53(46,8)73-11)66(52(72)78-54)62-51(71)65(41-36(55)18-15-19-37(41)56)48-40-47(59-27-60-48)64(28-61-40)22-14-13-20-57/h12,15-19,21,26-34,38,43-46,50,69H,1,13-14,20,22-25,57H2,2-11H3,(H,62,71)/t29-,30-,31+,32+,33-,34-,38+,43-,44+,45-,46-,50?,53-,54-/m1/s1. The summed E-state index contributed by atoms with van der Waals surface area (Å²) < 4.78 is 71.8. The summed E-state index contributed by atoms with van der Waals surface area (Å²) in [5, 5.41) is 12.6. The van der Waals surface area contributed by atoms with E-state index in [2.05, 4.69) is 31.9 Å². The number of rotatable bonds is 15. The minimum absolute atomic E-state index is 0.0243. The summed E-state index contributed by atoms with van der Waals surface area (Å²) in [6, 6.07) is 2.97. The Morgan fingerprint density at radius 3 is 2.40 bits per heavy atom. The molecule has 6 heterocycles. The van der Waals surface area contributed by atoms with E-state index in [4.69, 9.17) is 34.2 Å². The number of fused-ring (bicyclic) bond motifs is 2. The number of ether oxygens (including phenoxy) is 6. The van der Waals surface area contributed by atoms with Crippen LogP contribution in [0, 0.1) is 35.3 Å². The molecule has 424 valence electrons. The molecule has 0 bridgehead atoms. The molecule has 4 aromatic rings. The molecule has 3 amide bonds. The Morgan fingerprint density at radius 1 is 1.03 bits per heavy atom. The Morgan fingerprint density at radius 2 is 1.74 bits per heavy atom. The van der Waals surface area contributed by atoms with E-state index in [0.29, 0.717) is 42.8 Å². The average molecular weight is 1090 g/mol. The molecule has 0 saturated carbocycles. The van der Waals surface area contributed by atoms with Crippen LogP contribution in [-0.4, -0.2) is 150 Å². The number of aliphatic hydroxyl groups excluding tert-OH is 1. The molecule has 3 aliphatic rings. The lowest BCUT2D eigenvalue weighted by Gasteiger charge is -2.48. The first-order valence-electron chi connectivity index (χ1n) is 26.1. The molecular weight excluding hydrogens is 1020 g/mol. The maximum absolute atomic E-state index is 16.0. The van der Waals surface area contributed by atoms with Crippen molar-refractivity contribution >= 4 is 52.5 Å². The summed E-state index contributed by atoms with van der Waals surface area (Å²) in [5.41, 5.74) is 4.57. The van der Waals surface area contributed by atoms with Crippen molar-refractivity contribution in [3.63, 3.8) is 0 Å². The summed E-state index contributed by atoms with van der Waals surface area (Å²) in [4.78, 5) is 93.1.